The molecule has 0 aromatic carbocycles. The van der Waals surface area contributed by atoms with Crippen LogP contribution in [0.4, 0.5) is 4.79 Å². The van der Waals surface area contributed by atoms with E-state index in [9.17, 15) is 9.59 Å². The molecule has 0 spiro atoms. The third kappa shape index (κ3) is 2.67. The molecule has 104 valence electrons. The van der Waals surface area contributed by atoms with Gasteiger partial charge in [0.25, 0.3) is 0 Å². The third-order valence-electron chi connectivity index (χ3n) is 3.27. The molecule has 1 aliphatic rings. The molecule has 1 aliphatic heterocycles. The number of aromatic nitrogens is 3. The van der Waals surface area contributed by atoms with Crippen molar-refractivity contribution in [2.24, 2.45) is 7.05 Å². The van der Waals surface area contributed by atoms with E-state index in [1.807, 2.05) is 0 Å². The zero-order valence-electron chi connectivity index (χ0n) is 10.9. The van der Waals surface area contributed by atoms with Crippen molar-refractivity contribution in [2.75, 3.05) is 6.54 Å². The van der Waals surface area contributed by atoms with Gasteiger partial charge < -0.3 is 19.9 Å². The van der Waals surface area contributed by atoms with Crippen LogP contribution in [-0.4, -0.2) is 49.4 Å². The van der Waals surface area contributed by atoms with Gasteiger partial charge in [0.1, 0.15) is 12.4 Å². The van der Waals surface area contributed by atoms with E-state index in [2.05, 4.69) is 15.5 Å². The average molecular weight is 267 g/mol. The first-order valence-corrected chi connectivity index (χ1v) is 6.14. The second-order valence-electron chi connectivity index (χ2n) is 4.66. The molecule has 1 aromatic rings. The van der Waals surface area contributed by atoms with Crippen LogP contribution in [0.25, 0.3) is 0 Å². The van der Waals surface area contributed by atoms with Crippen LogP contribution in [-0.2, 0) is 11.8 Å². The van der Waals surface area contributed by atoms with Crippen molar-refractivity contribution in [3.63, 3.8) is 0 Å². The van der Waals surface area contributed by atoms with Crippen molar-refractivity contribution in [3.8, 4) is 0 Å². The predicted octanol–water partition coefficient (Wildman–Crippen LogP) is 0.135. The zero-order valence-corrected chi connectivity index (χ0v) is 10.9. The average Bonchev–Trinajstić information content (AvgIpc) is 2.96. The molecule has 19 heavy (non-hydrogen) atoms. The van der Waals surface area contributed by atoms with Crippen molar-refractivity contribution >= 4 is 12.0 Å². The smallest absolute Gasteiger partial charge is 0.326 e. The Kier molecular flexibility index (Phi) is 3.68. The van der Waals surface area contributed by atoms with Gasteiger partial charge in [0.15, 0.2) is 5.82 Å². The Bertz CT molecular complexity index is 486. The summed E-state index contributed by atoms with van der Waals surface area (Å²) in [6.45, 7) is 2.25. The predicted molar refractivity (Wildman–Crippen MR) is 65.3 cm³/mol. The highest BCUT2D eigenvalue weighted by Crippen LogP contribution is 2.18. The molecule has 1 saturated heterocycles. The Labute approximate surface area is 110 Å². The summed E-state index contributed by atoms with van der Waals surface area (Å²) in [7, 11) is 1.79. The number of carboxylic acids is 1. The minimum atomic E-state index is -0.959. The molecule has 8 nitrogen and oxygen atoms in total. The lowest BCUT2D eigenvalue weighted by molar-refractivity contribution is -0.141. The van der Waals surface area contributed by atoms with Crippen molar-refractivity contribution < 1.29 is 14.7 Å². The molecule has 0 radical (unpaired) electrons. The SMILES string of the molecule is CC(NC(=O)N1CCCC1C(=O)O)c1nncn1C. The quantitative estimate of drug-likeness (QED) is 0.811. The van der Waals surface area contributed by atoms with Gasteiger partial charge in [-0.2, -0.15) is 0 Å². The van der Waals surface area contributed by atoms with Crippen LogP contribution in [0.15, 0.2) is 6.33 Å². The van der Waals surface area contributed by atoms with E-state index >= 15 is 0 Å². The molecule has 2 N–H and O–H groups in total. The molecule has 1 aromatic heterocycles. The monoisotopic (exact) mass is 267 g/mol. The first-order valence-electron chi connectivity index (χ1n) is 6.14. The number of hydrogen-bond acceptors (Lipinski definition) is 4. The topological polar surface area (TPSA) is 100 Å². The number of rotatable bonds is 3. The van der Waals surface area contributed by atoms with Gasteiger partial charge in [0.2, 0.25) is 0 Å². The number of carbonyl (C=O) groups excluding carboxylic acids is 1. The van der Waals surface area contributed by atoms with Crippen molar-refractivity contribution in [3.05, 3.63) is 12.2 Å². The Hall–Kier alpha value is -2.12. The van der Waals surface area contributed by atoms with Gasteiger partial charge in [-0.25, -0.2) is 9.59 Å². The zero-order chi connectivity index (χ0) is 14.0. The maximum atomic E-state index is 12.1. The van der Waals surface area contributed by atoms with E-state index in [0.29, 0.717) is 25.2 Å². The Morgan fingerprint density at radius 2 is 2.32 bits per heavy atom. The lowest BCUT2D eigenvalue weighted by Gasteiger charge is -2.23. The second kappa shape index (κ2) is 5.25. The van der Waals surface area contributed by atoms with Crippen LogP contribution in [0, 0.1) is 0 Å². The molecular formula is C11H17N5O3. The summed E-state index contributed by atoms with van der Waals surface area (Å²) in [6, 6.07) is -1.43. The molecule has 2 atom stereocenters. The van der Waals surface area contributed by atoms with Crippen LogP contribution < -0.4 is 5.32 Å². The van der Waals surface area contributed by atoms with Gasteiger partial charge in [0.05, 0.1) is 6.04 Å². The van der Waals surface area contributed by atoms with Gasteiger partial charge in [-0.05, 0) is 19.8 Å². The molecular weight excluding hydrogens is 250 g/mol. The highest BCUT2D eigenvalue weighted by molar-refractivity contribution is 5.83. The Morgan fingerprint density at radius 3 is 2.89 bits per heavy atom. The summed E-state index contributed by atoms with van der Waals surface area (Å²) in [6.07, 6.45) is 2.76. The Balaban J connectivity index is 2.01. The fourth-order valence-corrected chi connectivity index (χ4v) is 2.28. The summed E-state index contributed by atoms with van der Waals surface area (Å²) in [5, 5.41) is 19.5. The van der Waals surface area contributed by atoms with Gasteiger partial charge in [-0.3, -0.25) is 0 Å². The molecule has 0 bridgehead atoms. The molecule has 1 fully saturated rings. The molecule has 2 heterocycles. The largest absolute Gasteiger partial charge is 0.480 e. The van der Waals surface area contributed by atoms with Gasteiger partial charge >= 0.3 is 12.0 Å². The molecule has 2 unspecified atom stereocenters. The summed E-state index contributed by atoms with van der Waals surface area (Å²) in [5.74, 6) is -0.335. The van der Waals surface area contributed by atoms with Crippen molar-refractivity contribution in [2.45, 2.75) is 31.8 Å². The van der Waals surface area contributed by atoms with Crippen LogP contribution in [0.2, 0.25) is 0 Å². The summed E-state index contributed by atoms with van der Waals surface area (Å²) < 4.78 is 1.71. The van der Waals surface area contributed by atoms with Gasteiger partial charge in [-0.1, -0.05) is 0 Å². The molecule has 0 aliphatic carbocycles. The van der Waals surface area contributed by atoms with E-state index in [4.69, 9.17) is 5.11 Å². The highest BCUT2D eigenvalue weighted by Gasteiger charge is 2.34. The molecule has 2 rings (SSSR count). The van der Waals surface area contributed by atoms with Crippen molar-refractivity contribution in [1.29, 1.82) is 0 Å². The second-order valence-corrected chi connectivity index (χ2v) is 4.66. The molecule has 8 heteroatoms. The number of nitrogens with zero attached hydrogens (tertiary/aromatic N) is 4. The van der Waals surface area contributed by atoms with Crippen LogP contribution in [0.1, 0.15) is 31.6 Å². The number of aryl methyl sites for hydroxylation is 1. The molecule has 0 saturated carbocycles. The number of likely N-dealkylation sites (tertiary alicyclic amines) is 1. The van der Waals surface area contributed by atoms with E-state index in [1.165, 1.54) is 4.90 Å². The number of aliphatic carboxylic acids is 1. The number of nitrogens with one attached hydrogen (secondary N) is 1. The maximum absolute atomic E-state index is 12.1. The number of carbonyl (C=O) groups is 2. The number of hydrogen-bond donors (Lipinski definition) is 2. The summed E-state index contributed by atoms with van der Waals surface area (Å²) in [4.78, 5) is 24.5. The van der Waals surface area contributed by atoms with Crippen molar-refractivity contribution in [1.82, 2.24) is 25.0 Å². The first kappa shape index (κ1) is 13.3. The van der Waals surface area contributed by atoms with E-state index in [0.717, 1.165) is 0 Å². The van der Waals surface area contributed by atoms with E-state index in [1.54, 1.807) is 24.9 Å². The fourth-order valence-electron chi connectivity index (χ4n) is 2.28. The summed E-state index contributed by atoms with van der Waals surface area (Å²) in [5.41, 5.74) is 0. The number of carboxylic acid groups (broad SMARTS) is 1. The Morgan fingerprint density at radius 1 is 1.58 bits per heavy atom. The van der Waals surface area contributed by atoms with Gasteiger partial charge in [0, 0.05) is 13.6 Å². The lowest BCUT2D eigenvalue weighted by atomic mass is 10.2. The van der Waals surface area contributed by atoms with E-state index in [-0.39, 0.29) is 12.1 Å². The van der Waals surface area contributed by atoms with E-state index < -0.39 is 12.0 Å². The maximum Gasteiger partial charge on any atom is 0.326 e. The lowest BCUT2D eigenvalue weighted by Crippen LogP contribution is -2.46. The number of urea groups is 1. The van der Waals surface area contributed by atoms with Crippen LogP contribution in [0.5, 0.6) is 0 Å². The normalized spacial score (nSPS) is 20.3. The standard InChI is InChI=1S/C11H17N5O3/c1-7(9-14-12-6-15(9)2)13-11(19)16-5-3-4-8(16)10(17)18/h6-8H,3-5H2,1-2H3,(H,13,19)(H,17,18). The van der Waals surface area contributed by atoms with Crippen LogP contribution >= 0.6 is 0 Å². The molecule has 2 amide bonds. The fraction of sp³-hybridized carbons (Fsp3) is 0.636. The highest BCUT2D eigenvalue weighted by atomic mass is 16.4. The minimum absolute atomic E-state index is 0.324. The van der Waals surface area contributed by atoms with Gasteiger partial charge in [-0.15, -0.1) is 10.2 Å². The third-order valence-corrected chi connectivity index (χ3v) is 3.27. The number of amides is 2. The first-order chi connectivity index (χ1) is 9.00. The van der Waals surface area contributed by atoms with Crippen LogP contribution in [0.3, 0.4) is 0 Å². The minimum Gasteiger partial charge on any atom is -0.480 e. The summed E-state index contributed by atoms with van der Waals surface area (Å²) >= 11 is 0.